The number of rotatable bonds is 5. The summed E-state index contributed by atoms with van der Waals surface area (Å²) in [5, 5.41) is 12.0. The van der Waals surface area contributed by atoms with E-state index in [0.29, 0.717) is 31.1 Å². The first-order chi connectivity index (χ1) is 9.51. The van der Waals surface area contributed by atoms with Crippen LogP contribution in [-0.4, -0.2) is 17.0 Å². The van der Waals surface area contributed by atoms with E-state index in [1.165, 1.54) is 0 Å². The van der Waals surface area contributed by atoms with Gasteiger partial charge in [-0.2, -0.15) is 0 Å². The molecule has 2 N–H and O–H groups in total. The Morgan fingerprint density at radius 1 is 1.35 bits per heavy atom. The minimum Gasteiger partial charge on any atom is -0.481 e. The third-order valence-electron chi connectivity index (χ3n) is 4.12. The normalized spacial score (nSPS) is 25.6. The maximum absolute atomic E-state index is 12.2. The Labute approximate surface area is 118 Å². The van der Waals surface area contributed by atoms with Crippen LogP contribution in [0.25, 0.3) is 0 Å². The zero-order chi connectivity index (χ0) is 14.7. The number of aryl methyl sites for hydroxylation is 1. The molecule has 1 fully saturated rings. The van der Waals surface area contributed by atoms with E-state index in [-0.39, 0.29) is 5.91 Å². The summed E-state index contributed by atoms with van der Waals surface area (Å²) in [4.78, 5) is 23.4. The van der Waals surface area contributed by atoms with Crippen molar-refractivity contribution in [1.82, 2.24) is 5.32 Å². The van der Waals surface area contributed by atoms with Crippen LogP contribution < -0.4 is 5.32 Å². The second-order valence-corrected chi connectivity index (χ2v) is 5.53. The molecule has 5 nitrogen and oxygen atoms in total. The summed E-state index contributed by atoms with van der Waals surface area (Å²) in [5.74, 6) is -0.209. The van der Waals surface area contributed by atoms with Crippen molar-refractivity contribution in [2.75, 3.05) is 0 Å². The van der Waals surface area contributed by atoms with Gasteiger partial charge in [-0.3, -0.25) is 9.59 Å². The third kappa shape index (κ3) is 3.21. The van der Waals surface area contributed by atoms with E-state index >= 15 is 0 Å². The van der Waals surface area contributed by atoms with Crippen LogP contribution in [0.15, 0.2) is 16.5 Å². The molecule has 1 heterocycles. The topological polar surface area (TPSA) is 79.5 Å². The zero-order valence-electron chi connectivity index (χ0n) is 11.9. The minimum absolute atomic E-state index is 0.178. The van der Waals surface area contributed by atoms with Crippen LogP contribution in [-0.2, 0) is 16.1 Å². The lowest BCUT2D eigenvalue weighted by Gasteiger charge is -2.14. The largest absolute Gasteiger partial charge is 0.481 e. The molecule has 0 aliphatic heterocycles. The molecule has 5 heteroatoms. The van der Waals surface area contributed by atoms with Gasteiger partial charge in [-0.1, -0.05) is 13.3 Å². The molecule has 2 rings (SSSR count). The van der Waals surface area contributed by atoms with E-state index in [9.17, 15) is 14.7 Å². The fraction of sp³-hybridized carbons (Fsp3) is 0.600. The van der Waals surface area contributed by atoms with E-state index in [4.69, 9.17) is 4.42 Å². The second-order valence-electron chi connectivity index (χ2n) is 5.53. The van der Waals surface area contributed by atoms with Gasteiger partial charge in [-0.15, -0.1) is 0 Å². The number of amides is 1. The van der Waals surface area contributed by atoms with Gasteiger partial charge in [-0.05, 0) is 37.8 Å². The summed E-state index contributed by atoms with van der Waals surface area (Å²) in [6.45, 7) is 4.19. The van der Waals surface area contributed by atoms with Gasteiger partial charge in [0.15, 0.2) is 0 Å². The minimum atomic E-state index is -0.866. The second kappa shape index (κ2) is 6.11. The lowest BCUT2D eigenvalue weighted by molar-refractivity contribution is -0.146. The summed E-state index contributed by atoms with van der Waals surface area (Å²) in [6.07, 6.45) is 2.19. The predicted molar refractivity (Wildman–Crippen MR) is 72.9 cm³/mol. The van der Waals surface area contributed by atoms with Crippen molar-refractivity contribution in [2.45, 2.75) is 39.7 Å². The number of carbonyl (C=O) groups excluding carboxylic acids is 1. The molecular formula is C15H21NO4. The molecule has 3 unspecified atom stereocenters. The monoisotopic (exact) mass is 279 g/mol. The molecular weight excluding hydrogens is 258 g/mol. The molecule has 0 bridgehead atoms. The average Bonchev–Trinajstić information content (AvgIpc) is 3.02. The van der Waals surface area contributed by atoms with Crippen molar-refractivity contribution in [3.05, 3.63) is 23.7 Å². The molecule has 20 heavy (non-hydrogen) atoms. The molecule has 1 aromatic rings. The van der Waals surface area contributed by atoms with Gasteiger partial charge in [0.2, 0.25) is 5.91 Å². The van der Waals surface area contributed by atoms with Gasteiger partial charge >= 0.3 is 5.97 Å². The Morgan fingerprint density at radius 2 is 2.05 bits per heavy atom. The zero-order valence-corrected chi connectivity index (χ0v) is 11.9. The molecule has 0 aromatic carbocycles. The molecule has 1 aliphatic carbocycles. The highest BCUT2D eigenvalue weighted by Crippen LogP contribution is 2.38. The molecule has 110 valence electrons. The molecule has 1 saturated carbocycles. The highest BCUT2D eigenvalue weighted by atomic mass is 16.4. The van der Waals surface area contributed by atoms with E-state index in [2.05, 4.69) is 5.32 Å². The number of hydrogen-bond donors (Lipinski definition) is 2. The Hall–Kier alpha value is -1.78. The van der Waals surface area contributed by atoms with E-state index in [0.717, 1.165) is 12.2 Å². The van der Waals surface area contributed by atoms with Gasteiger partial charge < -0.3 is 14.8 Å². The maximum Gasteiger partial charge on any atom is 0.307 e. The van der Waals surface area contributed by atoms with E-state index in [1.54, 1.807) is 0 Å². The smallest absolute Gasteiger partial charge is 0.307 e. The number of carbonyl (C=O) groups is 2. The van der Waals surface area contributed by atoms with Crippen LogP contribution in [0, 0.1) is 24.7 Å². The Morgan fingerprint density at radius 3 is 2.60 bits per heavy atom. The average molecular weight is 279 g/mol. The van der Waals surface area contributed by atoms with Gasteiger partial charge in [0.25, 0.3) is 0 Å². The van der Waals surface area contributed by atoms with Crippen molar-refractivity contribution >= 4 is 11.9 Å². The molecule has 1 amide bonds. The summed E-state index contributed by atoms with van der Waals surface area (Å²) >= 11 is 0. The summed E-state index contributed by atoms with van der Waals surface area (Å²) < 4.78 is 5.38. The number of carboxylic acid groups (broad SMARTS) is 1. The molecule has 1 aromatic heterocycles. The molecule has 0 spiro atoms. The fourth-order valence-electron chi connectivity index (χ4n) is 2.92. The van der Waals surface area contributed by atoms with Crippen molar-refractivity contribution in [2.24, 2.45) is 17.8 Å². The number of furan rings is 1. The lowest BCUT2D eigenvalue weighted by atomic mass is 9.95. The van der Waals surface area contributed by atoms with Gasteiger partial charge in [0, 0.05) is 0 Å². The fourth-order valence-corrected chi connectivity index (χ4v) is 2.92. The molecule has 0 radical (unpaired) electrons. The van der Waals surface area contributed by atoms with Crippen molar-refractivity contribution in [3.63, 3.8) is 0 Å². The van der Waals surface area contributed by atoms with Gasteiger partial charge in [0.05, 0.1) is 18.4 Å². The SMILES string of the molecule is CCC1CC(C(=O)O)C(C(=O)NCc2ccc(C)o2)C1. The molecule has 3 atom stereocenters. The first kappa shape index (κ1) is 14.6. The van der Waals surface area contributed by atoms with Crippen molar-refractivity contribution in [1.29, 1.82) is 0 Å². The van der Waals surface area contributed by atoms with Crippen LogP contribution in [0.1, 0.15) is 37.7 Å². The summed E-state index contributed by atoms with van der Waals surface area (Å²) in [6, 6.07) is 3.65. The Kier molecular flexibility index (Phi) is 4.47. The summed E-state index contributed by atoms with van der Waals surface area (Å²) in [7, 11) is 0. The number of hydrogen-bond acceptors (Lipinski definition) is 3. The lowest BCUT2D eigenvalue weighted by Crippen LogP contribution is -2.34. The third-order valence-corrected chi connectivity index (χ3v) is 4.12. The number of carboxylic acids is 1. The van der Waals surface area contributed by atoms with Gasteiger partial charge in [0.1, 0.15) is 11.5 Å². The Balaban J connectivity index is 1.95. The van der Waals surface area contributed by atoms with Crippen LogP contribution in [0.3, 0.4) is 0 Å². The Bertz CT molecular complexity index is 494. The number of aliphatic carboxylic acids is 1. The molecule has 0 saturated heterocycles. The summed E-state index contributed by atoms with van der Waals surface area (Å²) in [5.41, 5.74) is 0. The van der Waals surface area contributed by atoms with Crippen LogP contribution >= 0.6 is 0 Å². The van der Waals surface area contributed by atoms with Crippen LogP contribution in [0.5, 0.6) is 0 Å². The molecule has 1 aliphatic rings. The van der Waals surface area contributed by atoms with E-state index in [1.807, 2.05) is 26.0 Å². The van der Waals surface area contributed by atoms with Crippen LogP contribution in [0.2, 0.25) is 0 Å². The quantitative estimate of drug-likeness (QED) is 0.867. The highest BCUT2D eigenvalue weighted by molar-refractivity contribution is 5.85. The maximum atomic E-state index is 12.2. The van der Waals surface area contributed by atoms with Crippen LogP contribution in [0.4, 0.5) is 0 Å². The van der Waals surface area contributed by atoms with Gasteiger partial charge in [-0.25, -0.2) is 0 Å². The van der Waals surface area contributed by atoms with E-state index < -0.39 is 17.8 Å². The standard InChI is InChI=1S/C15H21NO4/c1-3-10-6-12(13(7-10)15(18)19)14(17)16-8-11-5-4-9(2)20-11/h4-5,10,12-13H,3,6-8H2,1-2H3,(H,16,17)(H,18,19). The van der Waals surface area contributed by atoms with Crippen molar-refractivity contribution in [3.8, 4) is 0 Å². The first-order valence-corrected chi connectivity index (χ1v) is 7.07. The van der Waals surface area contributed by atoms with Crippen molar-refractivity contribution < 1.29 is 19.1 Å². The number of nitrogens with one attached hydrogen (secondary N) is 1. The highest BCUT2D eigenvalue weighted by Gasteiger charge is 2.41. The predicted octanol–water partition coefficient (Wildman–Crippen LogP) is 2.34. The first-order valence-electron chi connectivity index (χ1n) is 7.07.